The molecule has 1 fully saturated rings. The maximum Gasteiger partial charge on any atom is 0.352 e. The van der Waals surface area contributed by atoms with Crippen LogP contribution in [0.1, 0.15) is 29.8 Å². The summed E-state index contributed by atoms with van der Waals surface area (Å²) in [5.74, 6) is -0.499. The fourth-order valence-electron chi connectivity index (χ4n) is 1.65. The van der Waals surface area contributed by atoms with Gasteiger partial charge in [0.05, 0.1) is 0 Å². The fourth-order valence-corrected chi connectivity index (χ4v) is 2.72. The van der Waals surface area contributed by atoms with Gasteiger partial charge in [0.2, 0.25) is 10.0 Å². The quantitative estimate of drug-likeness (QED) is 0.585. The highest BCUT2D eigenvalue weighted by atomic mass is 32.2. The van der Waals surface area contributed by atoms with Gasteiger partial charge in [0.15, 0.2) is 0 Å². The van der Waals surface area contributed by atoms with Crippen LogP contribution in [0.3, 0.4) is 0 Å². The molecular weight excluding hydrogens is 284 g/mol. The minimum Gasteiger partial charge on any atom is -0.477 e. The number of hydrogen-bond donors (Lipinski definition) is 3. The molecule has 0 saturated heterocycles. The predicted molar refractivity (Wildman–Crippen MR) is 71.1 cm³/mol. The van der Waals surface area contributed by atoms with Crippen LogP contribution in [0.2, 0.25) is 0 Å². The lowest BCUT2D eigenvalue weighted by atomic mass is 10.4. The zero-order valence-electron chi connectivity index (χ0n) is 11.0. The van der Waals surface area contributed by atoms with Crippen molar-refractivity contribution in [3.63, 3.8) is 0 Å². The Kier molecular flexibility index (Phi) is 4.79. The largest absolute Gasteiger partial charge is 0.477 e. The van der Waals surface area contributed by atoms with Crippen LogP contribution in [0.5, 0.6) is 0 Å². The third-order valence-corrected chi connectivity index (χ3v) is 4.45. The molecule has 0 spiro atoms. The molecule has 0 amide bonds. The lowest BCUT2D eigenvalue weighted by molar-refractivity contribution is 0.0691. The molecule has 1 aromatic heterocycles. The first-order chi connectivity index (χ1) is 9.49. The van der Waals surface area contributed by atoms with Crippen molar-refractivity contribution in [2.45, 2.75) is 24.2 Å². The van der Waals surface area contributed by atoms with E-state index in [9.17, 15) is 13.2 Å². The molecule has 8 heteroatoms. The fraction of sp³-hybridized carbons (Fsp3) is 0.583. The molecule has 0 radical (unpaired) electrons. The molecule has 1 aliphatic carbocycles. The molecule has 0 unspecified atom stereocenters. The van der Waals surface area contributed by atoms with Gasteiger partial charge >= 0.3 is 5.97 Å². The second-order valence-corrected chi connectivity index (χ2v) is 6.59. The minimum atomic E-state index is -3.66. The van der Waals surface area contributed by atoms with Crippen molar-refractivity contribution in [3.8, 4) is 0 Å². The molecule has 112 valence electrons. The molecule has 0 aliphatic heterocycles. The molecule has 7 nitrogen and oxygen atoms in total. The number of aromatic carboxylic acids is 1. The van der Waals surface area contributed by atoms with Crippen molar-refractivity contribution in [1.29, 1.82) is 0 Å². The topological polar surface area (TPSA) is 108 Å². The van der Waals surface area contributed by atoms with Crippen molar-refractivity contribution in [2.24, 2.45) is 5.92 Å². The molecule has 1 saturated carbocycles. The van der Waals surface area contributed by atoms with E-state index < -0.39 is 16.0 Å². The number of aromatic amines is 1. The maximum atomic E-state index is 11.9. The molecule has 1 aromatic rings. The van der Waals surface area contributed by atoms with Crippen molar-refractivity contribution in [3.05, 3.63) is 18.0 Å². The second kappa shape index (κ2) is 6.38. The summed E-state index contributed by atoms with van der Waals surface area (Å²) in [6.07, 6.45) is 4.20. The monoisotopic (exact) mass is 302 g/mol. The normalized spacial score (nSPS) is 15.4. The van der Waals surface area contributed by atoms with E-state index in [-0.39, 0.29) is 17.1 Å². The Balaban J connectivity index is 1.73. The van der Waals surface area contributed by atoms with Gasteiger partial charge in [-0.1, -0.05) is 0 Å². The Morgan fingerprint density at radius 2 is 2.25 bits per heavy atom. The van der Waals surface area contributed by atoms with Crippen molar-refractivity contribution in [1.82, 2.24) is 9.71 Å². The van der Waals surface area contributed by atoms with Crippen LogP contribution in [-0.2, 0) is 14.8 Å². The third-order valence-electron chi connectivity index (χ3n) is 3.01. The van der Waals surface area contributed by atoms with Gasteiger partial charge in [-0.05, 0) is 31.2 Å². The number of rotatable bonds is 9. The van der Waals surface area contributed by atoms with Crippen molar-refractivity contribution in [2.75, 3.05) is 19.8 Å². The first-order valence-electron chi connectivity index (χ1n) is 6.48. The number of aromatic nitrogens is 1. The summed E-state index contributed by atoms with van der Waals surface area (Å²) in [4.78, 5) is 13.0. The summed E-state index contributed by atoms with van der Waals surface area (Å²) >= 11 is 0. The van der Waals surface area contributed by atoms with E-state index in [4.69, 9.17) is 9.84 Å². The molecule has 2 rings (SSSR count). The van der Waals surface area contributed by atoms with Crippen molar-refractivity contribution >= 4 is 16.0 Å². The number of sulfonamides is 1. The van der Waals surface area contributed by atoms with Gasteiger partial charge in [-0.3, -0.25) is 0 Å². The van der Waals surface area contributed by atoms with Gasteiger partial charge in [0.1, 0.15) is 10.6 Å². The van der Waals surface area contributed by atoms with Crippen LogP contribution in [0, 0.1) is 5.92 Å². The van der Waals surface area contributed by atoms with Crippen LogP contribution < -0.4 is 4.72 Å². The second-order valence-electron chi connectivity index (χ2n) is 4.82. The number of carboxylic acids is 1. The molecule has 0 aromatic carbocycles. The number of ether oxygens (including phenoxy) is 1. The van der Waals surface area contributed by atoms with Gasteiger partial charge in [0, 0.05) is 26.0 Å². The van der Waals surface area contributed by atoms with Crippen LogP contribution >= 0.6 is 0 Å². The van der Waals surface area contributed by atoms with E-state index in [2.05, 4.69) is 9.71 Å². The summed E-state index contributed by atoms with van der Waals surface area (Å²) < 4.78 is 31.5. The number of hydrogen-bond acceptors (Lipinski definition) is 4. The van der Waals surface area contributed by atoms with E-state index in [0.717, 1.165) is 18.9 Å². The highest BCUT2D eigenvalue weighted by molar-refractivity contribution is 7.89. The third kappa shape index (κ3) is 4.32. The van der Waals surface area contributed by atoms with E-state index in [1.807, 2.05) is 0 Å². The summed E-state index contributed by atoms with van der Waals surface area (Å²) in [6, 6.07) is 1.09. The number of H-pyrrole nitrogens is 1. The van der Waals surface area contributed by atoms with E-state index in [0.29, 0.717) is 18.9 Å². The van der Waals surface area contributed by atoms with Gasteiger partial charge < -0.3 is 14.8 Å². The average Bonchev–Trinajstić information content (AvgIpc) is 3.05. The maximum absolute atomic E-state index is 11.9. The summed E-state index contributed by atoms with van der Waals surface area (Å²) in [5.41, 5.74) is -0.154. The van der Waals surface area contributed by atoms with Gasteiger partial charge in [-0.25, -0.2) is 17.9 Å². The van der Waals surface area contributed by atoms with Gasteiger partial charge in [-0.2, -0.15) is 0 Å². The zero-order valence-corrected chi connectivity index (χ0v) is 11.8. The highest BCUT2D eigenvalue weighted by Crippen LogP contribution is 2.28. The zero-order chi connectivity index (χ0) is 14.6. The Bertz CT molecular complexity index is 562. The average molecular weight is 302 g/mol. The van der Waals surface area contributed by atoms with E-state index in [1.54, 1.807) is 0 Å². The predicted octanol–water partition coefficient (Wildman–Crippen LogP) is 0.808. The molecule has 1 heterocycles. The molecule has 0 atom stereocenters. The van der Waals surface area contributed by atoms with E-state index in [1.165, 1.54) is 12.8 Å². The molecule has 0 bridgehead atoms. The first-order valence-corrected chi connectivity index (χ1v) is 7.96. The Morgan fingerprint density at radius 3 is 2.85 bits per heavy atom. The Morgan fingerprint density at radius 1 is 1.50 bits per heavy atom. The van der Waals surface area contributed by atoms with Crippen LogP contribution in [0.15, 0.2) is 17.2 Å². The SMILES string of the molecule is O=C(O)c1cc(S(=O)(=O)NCCCOCC2CC2)c[nH]1. The van der Waals surface area contributed by atoms with Gasteiger partial charge in [-0.15, -0.1) is 0 Å². The standard InChI is InChI=1S/C12H18N2O5S/c15-12(16)11-6-10(7-13-11)20(17,18)14-4-1-5-19-8-9-2-3-9/h6-7,9,13-14H,1-5,8H2,(H,15,16). The Labute approximate surface area is 117 Å². The number of carbonyl (C=O) groups is 1. The molecular formula is C12H18N2O5S. The molecule has 3 N–H and O–H groups in total. The Hall–Kier alpha value is -1.38. The van der Waals surface area contributed by atoms with E-state index >= 15 is 0 Å². The highest BCUT2D eigenvalue weighted by Gasteiger charge is 2.21. The summed E-state index contributed by atoms with van der Waals surface area (Å²) in [7, 11) is -3.66. The molecule has 1 aliphatic rings. The van der Waals surface area contributed by atoms with Crippen LogP contribution in [0.4, 0.5) is 0 Å². The lowest BCUT2D eigenvalue weighted by Crippen LogP contribution is -2.25. The molecule has 20 heavy (non-hydrogen) atoms. The number of carboxylic acid groups (broad SMARTS) is 1. The van der Waals surface area contributed by atoms with Crippen LogP contribution in [-0.4, -0.2) is 44.2 Å². The summed E-state index contributed by atoms with van der Waals surface area (Å²) in [5, 5.41) is 8.72. The van der Waals surface area contributed by atoms with Crippen LogP contribution in [0.25, 0.3) is 0 Å². The summed E-state index contributed by atoms with van der Waals surface area (Å²) in [6.45, 7) is 1.54. The van der Waals surface area contributed by atoms with Gasteiger partial charge in [0.25, 0.3) is 0 Å². The smallest absolute Gasteiger partial charge is 0.352 e. The minimum absolute atomic E-state index is 0.0752. The first kappa shape index (κ1) is 15.0. The number of nitrogens with one attached hydrogen (secondary N) is 2. The van der Waals surface area contributed by atoms with Crippen molar-refractivity contribution < 1.29 is 23.1 Å². The lowest BCUT2D eigenvalue weighted by Gasteiger charge is -2.05.